The maximum Gasteiger partial charge on any atom is 0.328 e. The van der Waals surface area contributed by atoms with Crippen molar-refractivity contribution in [3.05, 3.63) is 42.0 Å². The van der Waals surface area contributed by atoms with Crippen molar-refractivity contribution in [1.82, 2.24) is 19.9 Å². The van der Waals surface area contributed by atoms with Crippen LogP contribution in [-0.4, -0.2) is 62.7 Å². The number of ether oxygens (including phenoxy) is 1. The van der Waals surface area contributed by atoms with Gasteiger partial charge in [0.15, 0.2) is 11.7 Å². The number of morpholine rings is 1. The van der Waals surface area contributed by atoms with Crippen molar-refractivity contribution in [3.8, 4) is 5.69 Å². The molecular formula is C14H13FN4O4. The second kappa shape index (κ2) is 6.13. The molecule has 1 aromatic carbocycles. The first-order chi connectivity index (χ1) is 11.1. The number of aromatic nitrogens is 3. The van der Waals surface area contributed by atoms with Crippen molar-refractivity contribution < 1.29 is 23.8 Å². The molecule has 0 aliphatic carbocycles. The van der Waals surface area contributed by atoms with E-state index in [-0.39, 0.29) is 25.5 Å². The monoisotopic (exact) mass is 320 g/mol. The van der Waals surface area contributed by atoms with E-state index in [0.717, 1.165) is 0 Å². The summed E-state index contributed by atoms with van der Waals surface area (Å²) in [5, 5.41) is 17.2. The molecule has 9 heteroatoms. The average molecular weight is 320 g/mol. The lowest BCUT2D eigenvalue weighted by Gasteiger charge is -2.32. The Morgan fingerprint density at radius 2 is 2.04 bits per heavy atom. The van der Waals surface area contributed by atoms with E-state index in [0.29, 0.717) is 5.69 Å². The first-order valence-corrected chi connectivity index (χ1v) is 6.86. The van der Waals surface area contributed by atoms with Crippen LogP contribution in [0.5, 0.6) is 0 Å². The number of benzene rings is 1. The van der Waals surface area contributed by atoms with Gasteiger partial charge in [-0.1, -0.05) is 0 Å². The van der Waals surface area contributed by atoms with Crippen molar-refractivity contribution in [2.24, 2.45) is 0 Å². The Balaban J connectivity index is 1.83. The Morgan fingerprint density at radius 3 is 2.74 bits per heavy atom. The Morgan fingerprint density at radius 1 is 1.30 bits per heavy atom. The maximum atomic E-state index is 12.9. The summed E-state index contributed by atoms with van der Waals surface area (Å²) < 4.78 is 18.0. The van der Waals surface area contributed by atoms with Gasteiger partial charge in [-0.2, -0.15) is 9.90 Å². The molecule has 1 aliphatic heterocycles. The number of carboxylic acid groups (broad SMARTS) is 1. The quantitative estimate of drug-likeness (QED) is 0.875. The summed E-state index contributed by atoms with van der Waals surface area (Å²) in [4.78, 5) is 26.0. The Bertz CT molecular complexity index is 731. The lowest BCUT2D eigenvalue weighted by molar-refractivity contribution is -0.147. The largest absolute Gasteiger partial charge is 0.480 e. The van der Waals surface area contributed by atoms with E-state index in [1.165, 1.54) is 40.2 Å². The fraction of sp³-hybridized carbons (Fsp3) is 0.286. The fourth-order valence-corrected chi connectivity index (χ4v) is 2.26. The zero-order valence-electron chi connectivity index (χ0n) is 11.9. The van der Waals surface area contributed by atoms with Crippen LogP contribution in [-0.2, 0) is 9.53 Å². The van der Waals surface area contributed by atoms with Crippen molar-refractivity contribution >= 4 is 11.9 Å². The van der Waals surface area contributed by atoms with Crippen LogP contribution in [0.2, 0.25) is 0 Å². The van der Waals surface area contributed by atoms with E-state index in [1.54, 1.807) is 0 Å². The highest BCUT2D eigenvalue weighted by Crippen LogP contribution is 2.13. The minimum Gasteiger partial charge on any atom is -0.480 e. The average Bonchev–Trinajstić information content (AvgIpc) is 3.04. The number of carbonyl (C=O) groups is 2. The van der Waals surface area contributed by atoms with Gasteiger partial charge in [0.25, 0.3) is 5.91 Å². The number of carbonyl (C=O) groups excluding carboxylic acids is 1. The molecule has 23 heavy (non-hydrogen) atoms. The van der Waals surface area contributed by atoms with Crippen molar-refractivity contribution in [2.75, 3.05) is 19.8 Å². The van der Waals surface area contributed by atoms with Gasteiger partial charge in [0.2, 0.25) is 0 Å². The Labute approximate surface area is 130 Å². The van der Waals surface area contributed by atoms with E-state index >= 15 is 0 Å². The van der Waals surface area contributed by atoms with Crippen LogP contribution >= 0.6 is 0 Å². The molecule has 1 aromatic heterocycles. The molecule has 0 bridgehead atoms. The summed E-state index contributed by atoms with van der Waals surface area (Å²) in [6.07, 6.45) is 1.25. The third-order valence-electron chi connectivity index (χ3n) is 3.44. The van der Waals surface area contributed by atoms with E-state index in [4.69, 9.17) is 9.84 Å². The molecule has 1 fully saturated rings. The highest BCUT2D eigenvalue weighted by Gasteiger charge is 2.34. The smallest absolute Gasteiger partial charge is 0.328 e. The zero-order chi connectivity index (χ0) is 16.4. The molecule has 1 aliphatic rings. The van der Waals surface area contributed by atoms with Gasteiger partial charge >= 0.3 is 5.97 Å². The first kappa shape index (κ1) is 15.1. The molecule has 1 amide bonds. The number of nitrogens with zero attached hydrogens (tertiary/aromatic N) is 4. The Kier molecular flexibility index (Phi) is 4.02. The highest BCUT2D eigenvalue weighted by molar-refractivity contribution is 5.94. The van der Waals surface area contributed by atoms with E-state index in [2.05, 4.69) is 10.2 Å². The van der Waals surface area contributed by atoms with Crippen LogP contribution in [0.3, 0.4) is 0 Å². The van der Waals surface area contributed by atoms with Gasteiger partial charge < -0.3 is 14.7 Å². The highest BCUT2D eigenvalue weighted by atomic mass is 19.1. The van der Waals surface area contributed by atoms with Crippen molar-refractivity contribution in [3.63, 3.8) is 0 Å². The minimum atomic E-state index is -1.14. The fourth-order valence-electron chi connectivity index (χ4n) is 2.26. The second-order valence-corrected chi connectivity index (χ2v) is 4.92. The standard InChI is InChI=1S/C14H13FN4O4/c15-9-1-3-10(4-2-9)19-16-7-11(17-19)13(20)18-5-6-23-8-12(18)14(21)22/h1-4,7,12H,5-6,8H2,(H,21,22). The summed E-state index contributed by atoms with van der Waals surface area (Å²) in [6, 6.07) is 4.40. The van der Waals surface area contributed by atoms with Crippen LogP contribution in [0.1, 0.15) is 10.5 Å². The molecule has 120 valence electrons. The van der Waals surface area contributed by atoms with Gasteiger partial charge in [0, 0.05) is 6.54 Å². The van der Waals surface area contributed by atoms with Gasteiger partial charge in [-0.25, -0.2) is 9.18 Å². The lowest BCUT2D eigenvalue weighted by atomic mass is 10.2. The molecule has 0 saturated carbocycles. The predicted octanol–water partition coefficient (Wildman–Crippen LogP) is 0.332. The number of hydrogen-bond acceptors (Lipinski definition) is 5. The van der Waals surface area contributed by atoms with Gasteiger partial charge in [0.1, 0.15) is 5.82 Å². The number of amides is 1. The molecule has 1 saturated heterocycles. The van der Waals surface area contributed by atoms with Crippen LogP contribution < -0.4 is 0 Å². The number of rotatable bonds is 3. The zero-order valence-corrected chi connectivity index (χ0v) is 11.9. The molecule has 1 unspecified atom stereocenters. The molecule has 1 N–H and O–H groups in total. The molecule has 8 nitrogen and oxygen atoms in total. The van der Waals surface area contributed by atoms with Crippen LogP contribution in [0.25, 0.3) is 5.69 Å². The number of aliphatic carboxylic acids is 1. The summed E-state index contributed by atoms with van der Waals surface area (Å²) in [6.45, 7) is 0.369. The summed E-state index contributed by atoms with van der Waals surface area (Å²) in [5.41, 5.74) is 0.504. The summed E-state index contributed by atoms with van der Waals surface area (Å²) >= 11 is 0. The SMILES string of the molecule is O=C(O)C1COCCN1C(=O)c1cnn(-c2ccc(F)cc2)n1. The normalized spacial score (nSPS) is 18.0. The topological polar surface area (TPSA) is 97.5 Å². The maximum absolute atomic E-state index is 12.9. The summed E-state index contributed by atoms with van der Waals surface area (Å²) in [7, 11) is 0. The van der Waals surface area contributed by atoms with Gasteiger partial charge in [-0.15, -0.1) is 5.10 Å². The molecule has 0 spiro atoms. The van der Waals surface area contributed by atoms with E-state index < -0.39 is 23.7 Å². The number of halogens is 1. The second-order valence-electron chi connectivity index (χ2n) is 4.92. The van der Waals surface area contributed by atoms with Crippen LogP contribution in [0.4, 0.5) is 4.39 Å². The number of carboxylic acids is 1. The third-order valence-corrected chi connectivity index (χ3v) is 3.44. The molecule has 0 radical (unpaired) electrons. The molecular weight excluding hydrogens is 307 g/mol. The lowest BCUT2D eigenvalue weighted by Crippen LogP contribution is -2.52. The van der Waals surface area contributed by atoms with Gasteiger partial charge in [0.05, 0.1) is 25.1 Å². The molecule has 2 aromatic rings. The Hall–Kier alpha value is -2.81. The molecule has 3 rings (SSSR count). The van der Waals surface area contributed by atoms with Crippen molar-refractivity contribution in [2.45, 2.75) is 6.04 Å². The van der Waals surface area contributed by atoms with E-state index in [1.807, 2.05) is 0 Å². The molecule has 2 heterocycles. The summed E-state index contributed by atoms with van der Waals surface area (Å²) in [5.74, 6) is -2.06. The van der Waals surface area contributed by atoms with E-state index in [9.17, 15) is 14.0 Å². The van der Waals surface area contributed by atoms with Crippen molar-refractivity contribution in [1.29, 1.82) is 0 Å². The van der Waals surface area contributed by atoms with Crippen LogP contribution in [0, 0.1) is 5.82 Å². The predicted molar refractivity (Wildman–Crippen MR) is 74.6 cm³/mol. The van der Waals surface area contributed by atoms with Gasteiger partial charge in [-0.05, 0) is 24.3 Å². The van der Waals surface area contributed by atoms with Crippen LogP contribution in [0.15, 0.2) is 30.5 Å². The third kappa shape index (κ3) is 3.04. The first-order valence-electron chi connectivity index (χ1n) is 6.86. The molecule has 1 atom stereocenters. The van der Waals surface area contributed by atoms with Gasteiger partial charge in [-0.3, -0.25) is 4.79 Å². The number of hydrogen-bond donors (Lipinski definition) is 1. The minimum absolute atomic E-state index is 0.0162.